The van der Waals surface area contributed by atoms with E-state index in [-0.39, 0.29) is 12.8 Å². The lowest BCUT2D eigenvalue weighted by atomic mass is 10.1. The van der Waals surface area contributed by atoms with Crippen molar-refractivity contribution in [2.45, 2.75) is 18.9 Å². The van der Waals surface area contributed by atoms with Gasteiger partial charge in [0.25, 0.3) is 5.91 Å². The van der Waals surface area contributed by atoms with E-state index < -0.39 is 30.5 Å². The third-order valence-electron chi connectivity index (χ3n) is 1.43. The van der Waals surface area contributed by atoms with Gasteiger partial charge in [0, 0.05) is 6.42 Å². The lowest BCUT2D eigenvalue weighted by Crippen LogP contribution is -2.42. The van der Waals surface area contributed by atoms with Gasteiger partial charge in [-0.1, -0.05) is 0 Å². The average molecular weight is 206 g/mol. The molecule has 0 aromatic carbocycles. The molecule has 14 heavy (non-hydrogen) atoms. The molecular weight excluding hydrogens is 195 g/mol. The molecular formula is C7H11FN2O4. The molecule has 0 aliphatic rings. The number of primary amides is 1. The molecule has 0 saturated carbocycles. The second kappa shape index (κ2) is 5.90. The van der Waals surface area contributed by atoms with Crippen LogP contribution >= 0.6 is 0 Å². The molecule has 6 nitrogen and oxygen atoms in total. The molecule has 0 saturated heterocycles. The van der Waals surface area contributed by atoms with E-state index in [4.69, 9.17) is 10.8 Å². The van der Waals surface area contributed by atoms with Crippen molar-refractivity contribution in [3.63, 3.8) is 0 Å². The number of carboxylic acids is 1. The number of hydrogen-bond donors (Lipinski definition) is 3. The van der Waals surface area contributed by atoms with Crippen molar-refractivity contribution >= 4 is 17.8 Å². The zero-order valence-electron chi connectivity index (χ0n) is 7.33. The first-order chi connectivity index (χ1) is 6.47. The van der Waals surface area contributed by atoms with E-state index in [1.54, 1.807) is 0 Å². The number of carbonyl (C=O) groups is 3. The molecule has 0 unspecified atom stereocenters. The summed E-state index contributed by atoms with van der Waals surface area (Å²) in [5, 5.41) is 10.4. The highest BCUT2D eigenvalue weighted by Gasteiger charge is 2.19. The molecule has 0 radical (unpaired) electrons. The fraction of sp³-hybridized carbons (Fsp3) is 0.571. The van der Waals surface area contributed by atoms with Gasteiger partial charge in [-0.3, -0.25) is 9.59 Å². The molecule has 0 aromatic rings. The molecule has 0 fully saturated rings. The SMILES string of the molecule is NC(=O)CC[C@@H](NC(=O)CF)C(=O)O. The number of aliphatic carboxylic acids is 1. The van der Waals surface area contributed by atoms with Crippen molar-refractivity contribution in [2.75, 3.05) is 6.67 Å². The Kier molecular flexibility index (Phi) is 5.20. The van der Waals surface area contributed by atoms with Crippen molar-refractivity contribution in [3.05, 3.63) is 0 Å². The fourth-order valence-electron chi connectivity index (χ4n) is 0.777. The Morgan fingerprint density at radius 2 is 2.00 bits per heavy atom. The van der Waals surface area contributed by atoms with Crippen LogP contribution in [-0.4, -0.2) is 35.6 Å². The number of alkyl halides is 1. The summed E-state index contributed by atoms with van der Waals surface area (Å²) < 4.78 is 11.7. The summed E-state index contributed by atoms with van der Waals surface area (Å²) in [7, 11) is 0. The summed E-state index contributed by atoms with van der Waals surface area (Å²) in [6.45, 7) is -1.29. The predicted molar refractivity (Wildman–Crippen MR) is 44.0 cm³/mol. The maximum atomic E-state index is 11.7. The van der Waals surface area contributed by atoms with Gasteiger partial charge in [-0.05, 0) is 6.42 Å². The van der Waals surface area contributed by atoms with Gasteiger partial charge in [0.05, 0.1) is 0 Å². The van der Waals surface area contributed by atoms with Crippen molar-refractivity contribution in [1.29, 1.82) is 0 Å². The van der Waals surface area contributed by atoms with Crippen LogP contribution in [0.2, 0.25) is 0 Å². The molecule has 4 N–H and O–H groups in total. The molecule has 0 rings (SSSR count). The summed E-state index contributed by atoms with van der Waals surface area (Å²) >= 11 is 0. The smallest absolute Gasteiger partial charge is 0.326 e. The Morgan fingerprint density at radius 3 is 2.36 bits per heavy atom. The minimum Gasteiger partial charge on any atom is -0.480 e. The monoisotopic (exact) mass is 206 g/mol. The molecule has 2 amide bonds. The Morgan fingerprint density at radius 1 is 1.43 bits per heavy atom. The summed E-state index contributed by atoms with van der Waals surface area (Å²) in [6, 6.07) is -1.27. The van der Waals surface area contributed by atoms with Gasteiger partial charge in [0.15, 0.2) is 6.67 Å². The summed E-state index contributed by atoms with van der Waals surface area (Å²) in [6.07, 6.45) is -0.320. The van der Waals surface area contributed by atoms with Crippen LogP contribution in [0.25, 0.3) is 0 Å². The van der Waals surface area contributed by atoms with Crippen molar-refractivity contribution in [3.8, 4) is 0 Å². The third-order valence-corrected chi connectivity index (χ3v) is 1.43. The van der Waals surface area contributed by atoms with E-state index in [0.29, 0.717) is 0 Å². The molecule has 80 valence electrons. The van der Waals surface area contributed by atoms with E-state index in [1.807, 2.05) is 5.32 Å². The minimum atomic E-state index is -1.33. The zero-order valence-corrected chi connectivity index (χ0v) is 7.33. The normalized spacial score (nSPS) is 11.8. The standard InChI is InChI=1S/C7H11FN2O4/c8-3-6(12)10-4(7(13)14)1-2-5(9)11/h4H,1-3H2,(H2,9,11)(H,10,12)(H,13,14)/t4-/m1/s1. The second-order valence-electron chi connectivity index (χ2n) is 2.60. The van der Waals surface area contributed by atoms with Crippen LogP contribution in [0.15, 0.2) is 0 Å². The van der Waals surface area contributed by atoms with Crippen LogP contribution in [-0.2, 0) is 14.4 Å². The highest BCUT2D eigenvalue weighted by molar-refractivity contribution is 5.84. The fourth-order valence-corrected chi connectivity index (χ4v) is 0.777. The number of amides is 2. The van der Waals surface area contributed by atoms with Crippen LogP contribution in [0.3, 0.4) is 0 Å². The number of halogens is 1. The number of carbonyl (C=O) groups excluding carboxylic acids is 2. The topological polar surface area (TPSA) is 109 Å². The van der Waals surface area contributed by atoms with Gasteiger partial charge in [-0.2, -0.15) is 0 Å². The number of nitrogens with one attached hydrogen (secondary N) is 1. The number of rotatable bonds is 6. The average Bonchev–Trinajstić information content (AvgIpc) is 2.10. The maximum absolute atomic E-state index is 11.7. The molecule has 0 aliphatic heterocycles. The number of nitrogens with two attached hydrogens (primary N) is 1. The molecule has 0 heterocycles. The zero-order chi connectivity index (χ0) is 11.1. The molecule has 1 atom stereocenters. The molecule has 0 aromatic heterocycles. The predicted octanol–water partition coefficient (Wildman–Crippen LogP) is -1.21. The maximum Gasteiger partial charge on any atom is 0.326 e. The summed E-state index contributed by atoms with van der Waals surface area (Å²) in [5.74, 6) is -3.03. The van der Waals surface area contributed by atoms with Crippen LogP contribution < -0.4 is 11.1 Å². The van der Waals surface area contributed by atoms with E-state index >= 15 is 0 Å². The highest BCUT2D eigenvalue weighted by atomic mass is 19.1. The van der Waals surface area contributed by atoms with Crippen LogP contribution in [0.4, 0.5) is 4.39 Å². The molecule has 0 bridgehead atoms. The largest absolute Gasteiger partial charge is 0.480 e. The molecule has 0 spiro atoms. The van der Waals surface area contributed by atoms with E-state index in [2.05, 4.69) is 0 Å². The first-order valence-electron chi connectivity index (χ1n) is 3.83. The van der Waals surface area contributed by atoms with Gasteiger partial charge in [-0.25, -0.2) is 9.18 Å². The van der Waals surface area contributed by atoms with Gasteiger partial charge in [0.2, 0.25) is 5.91 Å². The van der Waals surface area contributed by atoms with E-state index in [9.17, 15) is 18.8 Å². The first kappa shape index (κ1) is 12.3. The summed E-state index contributed by atoms with van der Waals surface area (Å²) in [4.78, 5) is 31.3. The van der Waals surface area contributed by atoms with Crippen molar-refractivity contribution < 1.29 is 23.9 Å². The van der Waals surface area contributed by atoms with Gasteiger partial charge in [0.1, 0.15) is 6.04 Å². The van der Waals surface area contributed by atoms with Crippen molar-refractivity contribution in [2.24, 2.45) is 5.73 Å². The molecule has 0 aliphatic carbocycles. The Hall–Kier alpha value is -1.66. The van der Waals surface area contributed by atoms with Crippen LogP contribution in [0, 0.1) is 0 Å². The van der Waals surface area contributed by atoms with Gasteiger partial charge < -0.3 is 16.2 Å². The second-order valence-corrected chi connectivity index (χ2v) is 2.60. The highest BCUT2D eigenvalue weighted by Crippen LogP contribution is 1.97. The number of hydrogen-bond acceptors (Lipinski definition) is 3. The molecule has 7 heteroatoms. The number of carboxylic acid groups (broad SMARTS) is 1. The van der Waals surface area contributed by atoms with E-state index in [0.717, 1.165) is 0 Å². The lowest BCUT2D eigenvalue weighted by Gasteiger charge is -2.11. The Balaban J connectivity index is 4.09. The Labute approximate surface area is 79.3 Å². The van der Waals surface area contributed by atoms with Crippen LogP contribution in [0.1, 0.15) is 12.8 Å². The quantitative estimate of drug-likeness (QED) is 0.506. The minimum absolute atomic E-state index is 0.142. The third kappa shape index (κ3) is 5.07. The van der Waals surface area contributed by atoms with Gasteiger partial charge >= 0.3 is 5.97 Å². The Bertz CT molecular complexity index is 244. The van der Waals surface area contributed by atoms with E-state index in [1.165, 1.54) is 0 Å². The lowest BCUT2D eigenvalue weighted by molar-refractivity contribution is -0.142. The first-order valence-corrected chi connectivity index (χ1v) is 3.83. The van der Waals surface area contributed by atoms with Gasteiger partial charge in [-0.15, -0.1) is 0 Å². The van der Waals surface area contributed by atoms with Crippen LogP contribution in [0.5, 0.6) is 0 Å². The summed E-state index contributed by atoms with van der Waals surface area (Å²) in [5.41, 5.74) is 4.79. The van der Waals surface area contributed by atoms with Crippen molar-refractivity contribution in [1.82, 2.24) is 5.32 Å².